The maximum Gasteiger partial charge on any atom is 0.330 e. The van der Waals surface area contributed by atoms with Crippen LogP contribution >= 0.6 is 0 Å². The van der Waals surface area contributed by atoms with Crippen LogP contribution in [0.4, 0.5) is 0 Å². The summed E-state index contributed by atoms with van der Waals surface area (Å²) in [5, 5.41) is 17.9. The summed E-state index contributed by atoms with van der Waals surface area (Å²) in [6.07, 6.45) is -0.379. The molecular weight excluding hydrogens is 304 g/mol. The predicted molar refractivity (Wildman–Crippen MR) is 81.9 cm³/mol. The van der Waals surface area contributed by atoms with Crippen LogP contribution in [-0.4, -0.2) is 55.8 Å². The van der Waals surface area contributed by atoms with Gasteiger partial charge in [-0.05, 0) is 12.1 Å². The molecule has 1 aromatic rings. The Hall–Kier alpha value is -1.93. The van der Waals surface area contributed by atoms with E-state index in [1.54, 1.807) is 24.3 Å². The van der Waals surface area contributed by atoms with Crippen molar-refractivity contribution < 1.29 is 34.0 Å². The van der Waals surface area contributed by atoms with E-state index in [4.69, 9.17) is 29.2 Å². The minimum Gasteiger partial charge on any atom is -0.491 e. The van der Waals surface area contributed by atoms with E-state index >= 15 is 0 Å². The van der Waals surface area contributed by atoms with Crippen molar-refractivity contribution >= 4 is 5.97 Å². The van der Waals surface area contributed by atoms with Gasteiger partial charge in [-0.25, -0.2) is 4.79 Å². The van der Waals surface area contributed by atoms with Crippen molar-refractivity contribution in [2.24, 2.45) is 0 Å². The Morgan fingerprint density at radius 2 is 1.57 bits per heavy atom. The Kier molecular flexibility index (Phi) is 9.65. The summed E-state index contributed by atoms with van der Waals surface area (Å²) >= 11 is 0. The number of esters is 1. The number of carbonyl (C=O) groups is 1. The standard InChI is InChI=1S/C16H22O7/c1-2-15(17)23-12-10-21-8-7-20-9-11-22-14-5-3-13(4-6-14)16(18)19/h2-6,16,18-19H,1,7-12H2. The summed E-state index contributed by atoms with van der Waals surface area (Å²) in [5.41, 5.74) is 0.407. The number of benzene rings is 1. The molecule has 0 radical (unpaired) electrons. The summed E-state index contributed by atoms with van der Waals surface area (Å²) in [5.74, 6) is 0.154. The van der Waals surface area contributed by atoms with Crippen molar-refractivity contribution in [3.63, 3.8) is 0 Å². The molecule has 0 aliphatic rings. The minimum atomic E-state index is -1.48. The molecule has 0 saturated carbocycles. The zero-order valence-electron chi connectivity index (χ0n) is 12.8. The van der Waals surface area contributed by atoms with Gasteiger partial charge in [-0.3, -0.25) is 0 Å². The van der Waals surface area contributed by atoms with Gasteiger partial charge in [-0.2, -0.15) is 0 Å². The van der Waals surface area contributed by atoms with Gasteiger partial charge in [-0.15, -0.1) is 0 Å². The molecule has 7 nitrogen and oxygen atoms in total. The third kappa shape index (κ3) is 8.94. The van der Waals surface area contributed by atoms with Crippen molar-refractivity contribution in [3.8, 4) is 5.75 Å². The van der Waals surface area contributed by atoms with Crippen LogP contribution in [0.1, 0.15) is 11.9 Å². The second-order valence-corrected chi connectivity index (χ2v) is 4.39. The average molecular weight is 326 g/mol. The van der Waals surface area contributed by atoms with Crippen LogP contribution in [0.5, 0.6) is 5.75 Å². The molecular formula is C16H22O7. The highest BCUT2D eigenvalue weighted by Gasteiger charge is 2.02. The van der Waals surface area contributed by atoms with E-state index in [0.717, 1.165) is 6.08 Å². The topological polar surface area (TPSA) is 94.5 Å². The summed E-state index contributed by atoms with van der Waals surface area (Å²) in [7, 11) is 0. The van der Waals surface area contributed by atoms with Gasteiger partial charge in [0.15, 0.2) is 6.29 Å². The lowest BCUT2D eigenvalue weighted by atomic mass is 10.2. The molecule has 2 N–H and O–H groups in total. The molecule has 0 aromatic heterocycles. The lowest BCUT2D eigenvalue weighted by Gasteiger charge is -2.09. The molecule has 0 amide bonds. The summed E-state index contributed by atoms with van der Waals surface area (Å²) in [6, 6.07) is 6.46. The molecule has 0 bridgehead atoms. The van der Waals surface area contributed by atoms with Gasteiger partial charge in [0.1, 0.15) is 19.0 Å². The Balaban J connectivity index is 1.95. The molecule has 0 aliphatic heterocycles. The van der Waals surface area contributed by atoms with Crippen LogP contribution in [0.3, 0.4) is 0 Å². The Labute approximate surface area is 135 Å². The van der Waals surface area contributed by atoms with Gasteiger partial charge in [0, 0.05) is 11.6 Å². The van der Waals surface area contributed by atoms with Gasteiger partial charge >= 0.3 is 5.97 Å². The first-order valence-electron chi connectivity index (χ1n) is 7.17. The van der Waals surface area contributed by atoms with E-state index in [1.807, 2.05) is 0 Å². The van der Waals surface area contributed by atoms with Gasteiger partial charge < -0.3 is 29.2 Å². The Bertz CT molecular complexity index is 456. The van der Waals surface area contributed by atoms with Crippen LogP contribution in [0.25, 0.3) is 0 Å². The van der Waals surface area contributed by atoms with Crippen LogP contribution in [0, 0.1) is 0 Å². The summed E-state index contributed by atoms with van der Waals surface area (Å²) in [4.78, 5) is 10.7. The normalized spacial score (nSPS) is 10.6. The molecule has 0 aliphatic carbocycles. The smallest absolute Gasteiger partial charge is 0.330 e. The number of hydrogen-bond acceptors (Lipinski definition) is 7. The number of rotatable bonds is 12. The maximum absolute atomic E-state index is 10.7. The van der Waals surface area contributed by atoms with Crippen LogP contribution in [-0.2, 0) is 19.0 Å². The van der Waals surface area contributed by atoms with Crippen molar-refractivity contribution in [1.29, 1.82) is 0 Å². The molecule has 0 atom stereocenters. The van der Waals surface area contributed by atoms with E-state index in [0.29, 0.717) is 44.3 Å². The van der Waals surface area contributed by atoms with Gasteiger partial charge in [-0.1, -0.05) is 18.7 Å². The molecule has 1 rings (SSSR count). The molecule has 23 heavy (non-hydrogen) atoms. The SMILES string of the molecule is C=CC(=O)OCCOCCOCCOc1ccc(C(O)O)cc1. The van der Waals surface area contributed by atoms with Crippen LogP contribution in [0.2, 0.25) is 0 Å². The first kappa shape index (κ1) is 19.1. The van der Waals surface area contributed by atoms with Crippen molar-refractivity contribution in [1.82, 2.24) is 0 Å². The highest BCUT2D eigenvalue weighted by atomic mass is 16.6. The van der Waals surface area contributed by atoms with Crippen LogP contribution in [0.15, 0.2) is 36.9 Å². The number of hydrogen-bond donors (Lipinski definition) is 2. The van der Waals surface area contributed by atoms with Crippen molar-refractivity contribution in [2.45, 2.75) is 6.29 Å². The third-order valence-electron chi connectivity index (χ3n) is 2.69. The second-order valence-electron chi connectivity index (χ2n) is 4.39. The van der Waals surface area contributed by atoms with E-state index in [9.17, 15) is 4.79 Å². The van der Waals surface area contributed by atoms with Crippen molar-refractivity contribution in [2.75, 3.05) is 39.6 Å². The molecule has 0 spiro atoms. The molecule has 128 valence electrons. The van der Waals surface area contributed by atoms with E-state index in [-0.39, 0.29) is 6.61 Å². The number of aliphatic hydroxyl groups is 2. The molecule has 0 heterocycles. The number of ether oxygens (including phenoxy) is 4. The maximum atomic E-state index is 10.7. The van der Waals surface area contributed by atoms with Crippen molar-refractivity contribution in [3.05, 3.63) is 42.5 Å². The molecule has 1 aromatic carbocycles. The molecule has 7 heteroatoms. The quantitative estimate of drug-likeness (QED) is 0.254. The van der Waals surface area contributed by atoms with Gasteiger partial charge in [0.25, 0.3) is 0 Å². The van der Waals surface area contributed by atoms with E-state index in [1.165, 1.54) is 0 Å². The first-order valence-corrected chi connectivity index (χ1v) is 7.17. The average Bonchev–Trinajstić information content (AvgIpc) is 2.56. The highest BCUT2D eigenvalue weighted by Crippen LogP contribution is 2.15. The number of carbonyl (C=O) groups excluding carboxylic acids is 1. The summed E-state index contributed by atoms with van der Waals surface area (Å²) in [6.45, 7) is 5.36. The first-order chi connectivity index (χ1) is 11.1. The fourth-order valence-electron chi connectivity index (χ4n) is 1.54. The monoisotopic (exact) mass is 326 g/mol. The summed E-state index contributed by atoms with van der Waals surface area (Å²) < 4.78 is 20.7. The lowest BCUT2D eigenvalue weighted by Crippen LogP contribution is -2.13. The largest absolute Gasteiger partial charge is 0.491 e. The van der Waals surface area contributed by atoms with E-state index in [2.05, 4.69) is 6.58 Å². The van der Waals surface area contributed by atoms with Gasteiger partial charge in [0.05, 0.1) is 26.4 Å². The Morgan fingerprint density at radius 1 is 1.00 bits per heavy atom. The van der Waals surface area contributed by atoms with Crippen LogP contribution < -0.4 is 4.74 Å². The number of aliphatic hydroxyl groups excluding tert-OH is 1. The zero-order valence-corrected chi connectivity index (χ0v) is 12.8. The lowest BCUT2D eigenvalue weighted by molar-refractivity contribution is -0.139. The third-order valence-corrected chi connectivity index (χ3v) is 2.69. The second kappa shape index (κ2) is 11.6. The molecule has 0 saturated heterocycles. The Morgan fingerprint density at radius 3 is 2.13 bits per heavy atom. The molecule has 0 fully saturated rings. The predicted octanol–water partition coefficient (Wildman–Crippen LogP) is 0.811. The highest BCUT2D eigenvalue weighted by molar-refractivity contribution is 5.81. The van der Waals surface area contributed by atoms with E-state index < -0.39 is 12.3 Å². The minimum absolute atomic E-state index is 0.187. The zero-order chi connectivity index (χ0) is 16.9. The fraction of sp³-hybridized carbons (Fsp3) is 0.438. The van der Waals surface area contributed by atoms with Gasteiger partial charge in [0.2, 0.25) is 0 Å². The fourth-order valence-corrected chi connectivity index (χ4v) is 1.54. The molecule has 0 unspecified atom stereocenters.